The fourth-order valence-electron chi connectivity index (χ4n) is 1.83. The Kier molecular flexibility index (Phi) is 6.52. The van der Waals surface area contributed by atoms with Crippen molar-refractivity contribution in [2.45, 2.75) is 32.3 Å². The molecule has 7 heteroatoms. The SMILES string of the molecule is CC(C)(O)CCc1cccc(C(=O)NCCNS(C)(=O)=O)c1. The quantitative estimate of drug-likeness (QED) is 0.611. The summed E-state index contributed by atoms with van der Waals surface area (Å²) in [4.78, 5) is 12.0. The molecule has 0 saturated carbocycles. The summed E-state index contributed by atoms with van der Waals surface area (Å²) >= 11 is 0. The zero-order valence-electron chi connectivity index (χ0n) is 13.2. The van der Waals surface area contributed by atoms with E-state index in [9.17, 15) is 18.3 Å². The lowest BCUT2D eigenvalue weighted by molar-refractivity contribution is 0.0714. The van der Waals surface area contributed by atoms with Crippen molar-refractivity contribution in [3.8, 4) is 0 Å². The largest absolute Gasteiger partial charge is 0.390 e. The van der Waals surface area contributed by atoms with Crippen LogP contribution in [0.15, 0.2) is 24.3 Å². The number of aliphatic hydroxyl groups is 1. The fraction of sp³-hybridized carbons (Fsp3) is 0.533. The Labute approximate surface area is 132 Å². The van der Waals surface area contributed by atoms with Gasteiger partial charge in [0.2, 0.25) is 10.0 Å². The summed E-state index contributed by atoms with van der Waals surface area (Å²) in [6.45, 7) is 3.87. The van der Waals surface area contributed by atoms with E-state index in [1.807, 2.05) is 6.07 Å². The maximum absolute atomic E-state index is 12.0. The highest BCUT2D eigenvalue weighted by Gasteiger charge is 2.13. The van der Waals surface area contributed by atoms with Crippen LogP contribution in [0.2, 0.25) is 0 Å². The first-order valence-corrected chi connectivity index (χ1v) is 9.00. The van der Waals surface area contributed by atoms with Crippen molar-refractivity contribution in [1.29, 1.82) is 0 Å². The minimum Gasteiger partial charge on any atom is -0.390 e. The van der Waals surface area contributed by atoms with Crippen LogP contribution in [0.5, 0.6) is 0 Å². The standard InChI is InChI=1S/C15H24N2O4S/c1-15(2,19)8-7-12-5-4-6-13(11-12)14(18)16-9-10-17-22(3,20)21/h4-6,11,17,19H,7-10H2,1-3H3,(H,16,18). The number of benzene rings is 1. The molecular weight excluding hydrogens is 304 g/mol. The highest BCUT2D eigenvalue weighted by molar-refractivity contribution is 7.88. The molecule has 1 aromatic rings. The number of rotatable bonds is 8. The van der Waals surface area contributed by atoms with E-state index in [1.165, 1.54) is 0 Å². The van der Waals surface area contributed by atoms with Gasteiger partial charge in [0, 0.05) is 18.7 Å². The van der Waals surface area contributed by atoms with Crippen LogP contribution >= 0.6 is 0 Å². The molecule has 0 saturated heterocycles. The number of carbonyl (C=O) groups excluding carboxylic acids is 1. The van der Waals surface area contributed by atoms with Crippen LogP contribution in [0.1, 0.15) is 36.2 Å². The Hall–Kier alpha value is -1.44. The minimum atomic E-state index is -3.24. The number of aryl methyl sites for hydroxylation is 1. The second kappa shape index (κ2) is 7.71. The molecule has 1 rings (SSSR count). The predicted octanol–water partition coefficient (Wildman–Crippen LogP) is 0.669. The molecule has 6 nitrogen and oxygen atoms in total. The van der Waals surface area contributed by atoms with E-state index < -0.39 is 15.6 Å². The second-order valence-electron chi connectivity index (χ2n) is 5.94. The van der Waals surface area contributed by atoms with Gasteiger partial charge in [0.25, 0.3) is 5.91 Å². The van der Waals surface area contributed by atoms with Crippen molar-refractivity contribution in [3.63, 3.8) is 0 Å². The molecule has 0 radical (unpaired) electrons. The van der Waals surface area contributed by atoms with E-state index in [0.29, 0.717) is 18.4 Å². The number of hydrogen-bond acceptors (Lipinski definition) is 4. The highest BCUT2D eigenvalue weighted by Crippen LogP contribution is 2.14. The molecule has 22 heavy (non-hydrogen) atoms. The Morgan fingerprint density at radius 2 is 1.95 bits per heavy atom. The molecule has 0 aliphatic heterocycles. The van der Waals surface area contributed by atoms with Crippen LogP contribution in [-0.2, 0) is 16.4 Å². The Morgan fingerprint density at radius 3 is 2.55 bits per heavy atom. The second-order valence-corrected chi connectivity index (χ2v) is 7.77. The highest BCUT2D eigenvalue weighted by atomic mass is 32.2. The first kappa shape index (κ1) is 18.6. The minimum absolute atomic E-state index is 0.156. The summed E-state index contributed by atoms with van der Waals surface area (Å²) in [6.07, 6.45) is 2.36. The van der Waals surface area contributed by atoms with Crippen LogP contribution in [0, 0.1) is 0 Å². The normalized spacial score (nSPS) is 12.2. The van der Waals surface area contributed by atoms with Crippen LogP contribution < -0.4 is 10.0 Å². The average Bonchev–Trinajstić information content (AvgIpc) is 2.39. The third kappa shape index (κ3) is 8.11. The Morgan fingerprint density at radius 1 is 1.27 bits per heavy atom. The number of carbonyl (C=O) groups is 1. The number of hydrogen-bond donors (Lipinski definition) is 3. The van der Waals surface area contributed by atoms with Crippen molar-refractivity contribution in [1.82, 2.24) is 10.0 Å². The molecule has 0 bridgehead atoms. The van der Waals surface area contributed by atoms with E-state index in [0.717, 1.165) is 11.8 Å². The molecule has 0 heterocycles. The van der Waals surface area contributed by atoms with Crippen molar-refractivity contribution in [2.24, 2.45) is 0 Å². The predicted molar refractivity (Wildman–Crippen MR) is 86.2 cm³/mol. The van der Waals surface area contributed by atoms with Gasteiger partial charge in [-0.1, -0.05) is 12.1 Å². The molecule has 3 N–H and O–H groups in total. The zero-order valence-corrected chi connectivity index (χ0v) is 14.0. The van der Waals surface area contributed by atoms with Gasteiger partial charge in [-0.2, -0.15) is 0 Å². The third-order valence-electron chi connectivity index (χ3n) is 2.99. The molecule has 1 amide bonds. The van der Waals surface area contributed by atoms with Crippen molar-refractivity contribution in [3.05, 3.63) is 35.4 Å². The summed E-state index contributed by atoms with van der Waals surface area (Å²) in [5.41, 5.74) is 0.756. The van der Waals surface area contributed by atoms with E-state index in [1.54, 1.807) is 32.0 Å². The average molecular weight is 328 g/mol. The molecule has 0 aliphatic carbocycles. The van der Waals surface area contributed by atoms with Crippen molar-refractivity contribution < 1.29 is 18.3 Å². The van der Waals surface area contributed by atoms with Gasteiger partial charge >= 0.3 is 0 Å². The van der Waals surface area contributed by atoms with E-state index in [4.69, 9.17) is 0 Å². The molecule has 0 aliphatic rings. The van der Waals surface area contributed by atoms with Crippen LogP contribution in [0.3, 0.4) is 0 Å². The lowest BCUT2D eigenvalue weighted by Gasteiger charge is -2.16. The van der Waals surface area contributed by atoms with Gasteiger partial charge in [-0.3, -0.25) is 4.79 Å². The summed E-state index contributed by atoms with van der Waals surface area (Å²) in [7, 11) is -3.24. The topological polar surface area (TPSA) is 95.5 Å². The lowest BCUT2D eigenvalue weighted by Crippen LogP contribution is -2.34. The number of amides is 1. The summed E-state index contributed by atoms with van der Waals surface area (Å²) in [5.74, 6) is -0.250. The first-order valence-electron chi connectivity index (χ1n) is 7.11. The van der Waals surface area contributed by atoms with Crippen LogP contribution in [-0.4, -0.2) is 44.4 Å². The van der Waals surface area contributed by atoms with Gasteiger partial charge in [-0.15, -0.1) is 0 Å². The smallest absolute Gasteiger partial charge is 0.251 e. The van der Waals surface area contributed by atoms with Crippen LogP contribution in [0.4, 0.5) is 0 Å². The monoisotopic (exact) mass is 328 g/mol. The van der Waals surface area contributed by atoms with Crippen LogP contribution in [0.25, 0.3) is 0 Å². The summed E-state index contributed by atoms with van der Waals surface area (Å²) < 4.78 is 24.1. The molecule has 0 unspecified atom stereocenters. The van der Waals surface area contributed by atoms with Gasteiger partial charge in [0.05, 0.1) is 11.9 Å². The maximum atomic E-state index is 12.0. The van der Waals surface area contributed by atoms with Crippen molar-refractivity contribution >= 4 is 15.9 Å². The molecular formula is C15H24N2O4S. The fourth-order valence-corrected chi connectivity index (χ4v) is 2.31. The molecule has 0 fully saturated rings. The van der Waals surface area contributed by atoms with E-state index in [-0.39, 0.29) is 19.0 Å². The van der Waals surface area contributed by atoms with Gasteiger partial charge in [-0.05, 0) is 44.4 Å². The van der Waals surface area contributed by atoms with Gasteiger partial charge in [0.15, 0.2) is 0 Å². The first-order chi connectivity index (χ1) is 10.1. The zero-order chi connectivity index (χ0) is 16.8. The maximum Gasteiger partial charge on any atom is 0.251 e. The Bertz CT molecular complexity index is 606. The third-order valence-corrected chi connectivity index (χ3v) is 3.72. The summed E-state index contributed by atoms with van der Waals surface area (Å²) in [5, 5.41) is 12.4. The molecule has 0 spiro atoms. The number of nitrogens with one attached hydrogen (secondary N) is 2. The van der Waals surface area contributed by atoms with E-state index in [2.05, 4.69) is 10.0 Å². The van der Waals surface area contributed by atoms with Gasteiger partial charge < -0.3 is 10.4 Å². The molecule has 0 aromatic heterocycles. The molecule has 0 atom stereocenters. The van der Waals surface area contributed by atoms with Gasteiger partial charge in [-0.25, -0.2) is 13.1 Å². The lowest BCUT2D eigenvalue weighted by atomic mass is 9.98. The summed E-state index contributed by atoms with van der Waals surface area (Å²) in [6, 6.07) is 7.19. The molecule has 1 aromatic carbocycles. The van der Waals surface area contributed by atoms with E-state index >= 15 is 0 Å². The Balaban J connectivity index is 2.52. The van der Waals surface area contributed by atoms with Crippen molar-refractivity contribution in [2.75, 3.05) is 19.3 Å². The van der Waals surface area contributed by atoms with Gasteiger partial charge in [0.1, 0.15) is 0 Å². The molecule has 124 valence electrons. The number of sulfonamides is 1.